The number of aryl methyl sites for hydroxylation is 1. The predicted octanol–water partition coefficient (Wildman–Crippen LogP) is 3.79. The molecule has 0 aromatic carbocycles. The van der Waals surface area contributed by atoms with E-state index in [4.69, 9.17) is 16.3 Å². The van der Waals surface area contributed by atoms with Crippen molar-refractivity contribution in [2.75, 3.05) is 11.9 Å². The van der Waals surface area contributed by atoms with Gasteiger partial charge in [0, 0.05) is 36.2 Å². The third-order valence-corrected chi connectivity index (χ3v) is 4.17. The fourth-order valence-electron chi connectivity index (χ4n) is 2.75. The average Bonchev–Trinajstić information content (AvgIpc) is 3.27. The summed E-state index contributed by atoms with van der Waals surface area (Å²) in [7, 11) is 1.78. The molecule has 0 unspecified atom stereocenters. The first kappa shape index (κ1) is 20.3. The fraction of sp³-hybridized carbons (Fsp3) is 0.200. The largest absolute Gasteiger partial charge is 0.494 e. The van der Waals surface area contributed by atoms with Crippen molar-refractivity contribution in [1.29, 1.82) is 0 Å². The number of nitrogens with zero attached hydrogens (tertiary/aromatic N) is 5. The maximum atomic E-state index is 12.9. The summed E-state index contributed by atoms with van der Waals surface area (Å²) in [4.78, 5) is 17.1. The second-order valence-corrected chi connectivity index (χ2v) is 6.65. The van der Waals surface area contributed by atoms with Crippen LogP contribution in [0.1, 0.15) is 29.9 Å². The van der Waals surface area contributed by atoms with Gasteiger partial charge in [-0.1, -0.05) is 18.2 Å². The Kier molecular flexibility index (Phi) is 6.13. The highest BCUT2D eigenvalue weighted by Crippen LogP contribution is 2.27. The van der Waals surface area contributed by atoms with E-state index in [9.17, 15) is 4.79 Å². The summed E-state index contributed by atoms with van der Waals surface area (Å²) in [6.45, 7) is 7.86. The van der Waals surface area contributed by atoms with Crippen LogP contribution in [0.3, 0.4) is 0 Å². The maximum absolute atomic E-state index is 12.9. The molecular weight excluding hydrogens is 392 g/mol. The van der Waals surface area contributed by atoms with Crippen LogP contribution in [0.5, 0.6) is 0 Å². The van der Waals surface area contributed by atoms with Crippen LogP contribution in [-0.2, 0) is 11.8 Å². The van der Waals surface area contributed by atoms with Crippen molar-refractivity contribution in [1.82, 2.24) is 24.4 Å². The number of rotatable bonds is 7. The molecule has 0 bridgehead atoms. The first-order chi connectivity index (χ1) is 13.9. The van der Waals surface area contributed by atoms with Gasteiger partial charge in [-0.15, -0.1) is 0 Å². The van der Waals surface area contributed by atoms with Crippen molar-refractivity contribution in [2.45, 2.75) is 13.8 Å². The van der Waals surface area contributed by atoms with Gasteiger partial charge in [-0.25, -0.2) is 9.50 Å². The number of nitrogens with one attached hydrogen (secondary N) is 1. The molecule has 0 atom stereocenters. The molecule has 3 heterocycles. The highest BCUT2D eigenvalue weighted by Gasteiger charge is 2.19. The van der Waals surface area contributed by atoms with E-state index in [0.717, 1.165) is 5.57 Å². The number of carbonyl (C=O) groups is 1. The molecule has 9 heteroatoms. The zero-order valence-corrected chi connectivity index (χ0v) is 17.1. The normalized spacial score (nSPS) is 12.3. The molecule has 29 heavy (non-hydrogen) atoms. The minimum Gasteiger partial charge on any atom is -0.494 e. The third kappa shape index (κ3) is 4.55. The topological polar surface area (TPSA) is 86.3 Å². The van der Waals surface area contributed by atoms with Crippen LogP contribution in [0.25, 0.3) is 11.2 Å². The van der Waals surface area contributed by atoms with E-state index >= 15 is 0 Å². The molecule has 0 aliphatic carbocycles. The standard InChI is InChI=1S/C20H21ClN6O2/c1-5-29-17(8-7-13(2)21)14(3)18-16(12-26(4)25-18)24-20(28)15-11-23-27-10-6-9-22-19(15)27/h6-12H,2,5H2,1,3-4H3,(H,24,28)/b8-7-,17-14-. The number of amides is 1. The first-order valence-electron chi connectivity index (χ1n) is 8.90. The molecular formula is C20H21ClN6O2. The van der Waals surface area contributed by atoms with Crippen LogP contribution < -0.4 is 5.32 Å². The second kappa shape index (κ2) is 8.74. The lowest BCUT2D eigenvalue weighted by molar-refractivity contribution is 0.102. The molecule has 0 radical (unpaired) electrons. The Hall–Kier alpha value is -3.39. The summed E-state index contributed by atoms with van der Waals surface area (Å²) in [6, 6.07) is 1.74. The molecule has 0 fully saturated rings. The van der Waals surface area contributed by atoms with Gasteiger partial charge >= 0.3 is 0 Å². The van der Waals surface area contributed by atoms with Crippen molar-refractivity contribution in [3.05, 3.63) is 71.6 Å². The van der Waals surface area contributed by atoms with E-state index < -0.39 is 0 Å². The van der Waals surface area contributed by atoms with E-state index in [0.29, 0.717) is 40.0 Å². The summed E-state index contributed by atoms with van der Waals surface area (Å²) in [5, 5.41) is 11.9. The highest BCUT2D eigenvalue weighted by molar-refractivity contribution is 6.30. The fourth-order valence-corrected chi connectivity index (χ4v) is 2.82. The number of allylic oxidation sites excluding steroid dienone is 4. The van der Waals surface area contributed by atoms with Crippen LogP contribution in [0.2, 0.25) is 0 Å². The van der Waals surface area contributed by atoms with Gasteiger partial charge in [0.05, 0.1) is 18.5 Å². The van der Waals surface area contributed by atoms with E-state index in [-0.39, 0.29) is 5.91 Å². The molecule has 1 amide bonds. The summed E-state index contributed by atoms with van der Waals surface area (Å²) < 4.78 is 8.88. The highest BCUT2D eigenvalue weighted by atomic mass is 35.5. The lowest BCUT2D eigenvalue weighted by Crippen LogP contribution is -2.13. The summed E-state index contributed by atoms with van der Waals surface area (Å²) in [5.41, 5.74) is 2.71. The number of halogens is 1. The molecule has 1 N–H and O–H groups in total. The number of hydrogen-bond acceptors (Lipinski definition) is 5. The quantitative estimate of drug-likeness (QED) is 0.471. The van der Waals surface area contributed by atoms with Crippen LogP contribution in [0, 0.1) is 0 Å². The van der Waals surface area contributed by atoms with Crippen molar-refractivity contribution in [3.63, 3.8) is 0 Å². The average molecular weight is 413 g/mol. The van der Waals surface area contributed by atoms with Crippen molar-refractivity contribution in [2.24, 2.45) is 7.05 Å². The lowest BCUT2D eigenvalue weighted by atomic mass is 10.1. The Balaban J connectivity index is 1.96. The summed E-state index contributed by atoms with van der Waals surface area (Å²) >= 11 is 5.83. The van der Waals surface area contributed by atoms with Gasteiger partial charge in [-0.05, 0) is 32.1 Å². The molecule has 8 nitrogen and oxygen atoms in total. The number of fused-ring (bicyclic) bond motifs is 1. The summed E-state index contributed by atoms with van der Waals surface area (Å²) in [6.07, 6.45) is 9.92. The molecule has 3 aromatic rings. The molecule has 150 valence electrons. The van der Waals surface area contributed by atoms with Gasteiger partial charge in [0.25, 0.3) is 5.91 Å². The van der Waals surface area contributed by atoms with Gasteiger partial charge in [0.2, 0.25) is 0 Å². The molecule has 0 aliphatic rings. The number of carbonyl (C=O) groups excluding carboxylic acids is 1. The first-order valence-corrected chi connectivity index (χ1v) is 9.28. The minimum absolute atomic E-state index is 0.330. The number of aromatic nitrogens is 5. The zero-order valence-electron chi connectivity index (χ0n) is 16.4. The molecule has 0 saturated carbocycles. The number of ether oxygens (including phenoxy) is 1. The van der Waals surface area contributed by atoms with Crippen molar-refractivity contribution >= 4 is 34.4 Å². The Morgan fingerprint density at radius 3 is 2.93 bits per heavy atom. The Morgan fingerprint density at radius 2 is 2.21 bits per heavy atom. The zero-order chi connectivity index (χ0) is 21.0. The Morgan fingerprint density at radius 1 is 1.41 bits per heavy atom. The van der Waals surface area contributed by atoms with Gasteiger partial charge in [0.15, 0.2) is 5.65 Å². The molecule has 0 spiro atoms. The SMILES string of the molecule is C=C(Cl)/C=C\C(OCC)=C(/C)c1nn(C)cc1NC(=O)c1cnn2cccnc12. The van der Waals surface area contributed by atoms with Gasteiger partial charge in [-0.2, -0.15) is 10.2 Å². The number of hydrogen-bond donors (Lipinski definition) is 1. The predicted molar refractivity (Wildman–Crippen MR) is 113 cm³/mol. The maximum Gasteiger partial charge on any atom is 0.261 e. The Labute approximate surface area is 173 Å². The van der Waals surface area contributed by atoms with Crippen molar-refractivity contribution in [3.8, 4) is 0 Å². The van der Waals surface area contributed by atoms with Crippen LogP contribution >= 0.6 is 11.6 Å². The molecule has 0 aliphatic heterocycles. The van der Waals surface area contributed by atoms with Crippen molar-refractivity contribution < 1.29 is 9.53 Å². The molecule has 0 saturated heterocycles. The summed E-state index contributed by atoms with van der Waals surface area (Å²) in [5.74, 6) is 0.254. The van der Waals surface area contributed by atoms with E-state index in [1.807, 2.05) is 13.8 Å². The van der Waals surface area contributed by atoms with Crippen LogP contribution in [-0.4, -0.2) is 36.9 Å². The lowest BCUT2D eigenvalue weighted by Gasteiger charge is -2.10. The second-order valence-electron chi connectivity index (χ2n) is 6.17. The van der Waals surface area contributed by atoms with Crippen LogP contribution in [0.15, 0.2) is 60.4 Å². The van der Waals surface area contributed by atoms with E-state index in [1.165, 1.54) is 6.20 Å². The van der Waals surface area contributed by atoms with Gasteiger partial charge in [-0.3, -0.25) is 9.48 Å². The monoisotopic (exact) mass is 412 g/mol. The molecule has 3 aromatic heterocycles. The third-order valence-electron chi connectivity index (χ3n) is 4.04. The number of anilines is 1. The van der Waals surface area contributed by atoms with E-state index in [1.54, 1.807) is 53.1 Å². The van der Waals surface area contributed by atoms with Crippen LogP contribution in [0.4, 0.5) is 5.69 Å². The molecule has 3 rings (SSSR count). The minimum atomic E-state index is -0.330. The van der Waals surface area contributed by atoms with Gasteiger partial charge < -0.3 is 10.1 Å². The van der Waals surface area contributed by atoms with E-state index in [2.05, 4.69) is 27.1 Å². The smallest absolute Gasteiger partial charge is 0.261 e. The van der Waals surface area contributed by atoms with Gasteiger partial charge in [0.1, 0.15) is 17.0 Å². The Bertz CT molecular complexity index is 1130.